The second kappa shape index (κ2) is 19.3. The van der Waals surface area contributed by atoms with Crippen molar-refractivity contribution in [1.29, 1.82) is 0 Å². The fraction of sp³-hybridized carbons (Fsp3) is 0.956. The predicted octanol–water partition coefficient (Wildman–Crippen LogP) is -2.89. The molecule has 20 heteroatoms. The summed E-state index contributed by atoms with van der Waals surface area (Å²) < 4.78 is 41.2. The molecule has 8 aliphatic rings. The van der Waals surface area contributed by atoms with Crippen LogP contribution in [0.1, 0.15) is 79.1 Å². The molecule has 0 aromatic heterocycles. The first-order valence-corrected chi connectivity index (χ1v) is 23.7. The molecule has 374 valence electrons. The minimum absolute atomic E-state index is 0.0818. The fourth-order valence-electron chi connectivity index (χ4n) is 13.6. The average Bonchev–Trinajstić information content (AvgIpc) is 3.72. The van der Waals surface area contributed by atoms with Crippen LogP contribution in [0.4, 0.5) is 0 Å². The second-order valence-corrected chi connectivity index (χ2v) is 21.1. The molecule has 0 radical (unpaired) electrons. The molecule has 4 saturated heterocycles. The van der Waals surface area contributed by atoms with Crippen LogP contribution in [-0.2, 0) is 33.2 Å². The molecule has 0 aromatic rings. The van der Waals surface area contributed by atoms with Gasteiger partial charge in [0, 0.05) is 24.2 Å². The summed E-state index contributed by atoms with van der Waals surface area (Å²) in [5, 5.41) is 137. The number of allylic oxidation sites excluding steroid dienone is 1. The Morgan fingerprint density at radius 3 is 1.95 bits per heavy atom. The molecule has 4 heterocycles. The summed E-state index contributed by atoms with van der Waals surface area (Å²) in [6.45, 7) is 6.69. The van der Waals surface area contributed by atoms with Gasteiger partial charge in [-0.3, -0.25) is 0 Å². The van der Waals surface area contributed by atoms with E-state index < -0.39 is 135 Å². The lowest BCUT2D eigenvalue weighted by Crippen LogP contribution is -2.65. The fourth-order valence-corrected chi connectivity index (χ4v) is 13.6. The quantitative estimate of drug-likeness (QED) is 0.0825. The number of hydrogen-bond acceptors (Lipinski definition) is 20. The van der Waals surface area contributed by atoms with Gasteiger partial charge in [0.15, 0.2) is 24.7 Å². The van der Waals surface area contributed by atoms with Gasteiger partial charge in [-0.15, -0.1) is 0 Å². The molecule has 13 N–H and O–H groups in total. The van der Waals surface area contributed by atoms with E-state index in [1.54, 1.807) is 0 Å². The molecule has 8 rings (SSSR count). The smallest absolute Gasteiger partial charge is 0.187 e. The molecule has 65 heavy (non-hydrogen) atoms. The van der Waals surface area contributed by atoms with Crippen molar-refractivity contribution in [2.24, 2.45) is 46.3 Å². The lowest BCUT2D eigenvalue weighted by molar-refractivity contribution is -0.363. The molecule has 0 aromatic carbocycles. The van der Waals surface area contributed by atoms with Crippen molar-refractivity contribution in [2.75, 3.05) is 26.4 Å². The summed E-state index contributed by atoms with van der Waals surface area (Å²) in [6, 6.07) is 0. The topological polar surface area (TPSA) is 328 Å². The maximum Gasteiger partial charge on any atom is 0.187 e. The van der Waals surface area contributed by atoms with Gasteiger partial charge in [-0.25, -0.2) is 0 Å². The van der Waals surface area contributed by atoms with E-state index in [1.807, 2.05) is 6.92 Å². The molecule has 7 fully saturated rings. The number of hydrogen-bond donors (Lipinski definition) is 13. The summed E-state index contributed by atoms with van der Waals surface area (Å²) in [5.74, 6) is -0.725. The van der Waals surface area contributed by atoms with Gasteiger partial charge in [0.2, 0.25) is 0 Å². The van der Waals surface area contributed by atoms with Crippen molar-refractivity contribution in [2.45, 2.75) is 195 Å². The van der Waals surface area contributed by atoms with E-state index in [9.17, 15) is 66.4 Å². The molecule has 27 atom stereocenters. The maximum atomic E-state index is 12.1. The van der Waals surface area contributed by atoms with Gasteiger partial charge in [0.1, 0.15) is 73.2 Å². The molecule has 4 aliphatic heterocycles. The lowest BCUT2D eigenvalue weighted by atomic mass is 9.46. The molecule has 0 bridgehead atoms. The Morgan fingerprint density at radius 2 is 1.31 bits per heavy atom. The van der Waals surface area contributed by atoms with Crippen LogP contribution < -0.4 is 0 Å². The highest BCUT2D eigenvalue weighted by Gasteiger charge is 2.68. The van der Waals surface area contributed by atoms with Crippen LogP contribution in [-0.4, -0.2) is 209 Å². The molecular formula is C45H74O20. The summed E-state index contributed by atoms with van der Waals surface area (Å²) in [7, 11) is 0. The third-order valence-corrected chi connectivity index (χ3v) is 17.5. The minimum atomic E-state index is -1.78. The summed E-state index contributed by atoms with van der Waals surface area (Å²) in [4.78, 5) is 0. The van der Waals surface area contributed by atoms with E-state index >= 15 is 0 Å². The Hall–Kier alpha value is -1.06. The molecular weight excluding hydrogens is 860 g/mol. The maximum absolute atomic E-state index is 12.1. The lowest BCUT2D eigenvalue weighted by Gasteiger charge is -2.60. The summed E-state index contributed by atoms with van der Waals surface area (Å²) in [5.41, 5.74) is 0.400. The van der Waals surface area contributed by atoms with Gasteiger partial charge in [-0.05, 0) is 73.5 Å². The van der Waals surface area contributed by atoms with Crippen LogP contribution in [0, 0.1) is 46.3 Å². The van der Waals surface area contributed by atoms with Crippen molar-refractivity contribution >= 4 is 0 Å². The zero-order valence-corrected chi connectivity index (χ0v) is 37.6. The standard InChI is InChI=1S/C45H74O20/c1-18(17-59-40-36(55)33(52)31(50)26(14-46)61-40)7-10-45(58)19(2)30-25(65-45)13-24-22-6-5-20-11-21(12-29(49)44(20,4)23(22)8-9-43(24,30)3)60-41-38(57)35(54)39(28(16-48)63-41)64-42-37(56)34(53)32(51)27(15-47)62-42/h5,18-19,21-42,46-58H,6-17H2,1-4H3/t18-,19-,21+,22+,23-,24-,25-,26+,27+,28+,29+,30-,31+,32+,33-,34-,35+,36+,37+,38+,39-,40+,41+,42-,43-,44-,45-/m0/s1. The van der Waals surface area contributed by atoms with Crippen LogP contribution in [0.2, 0.25) is 0 Å². The molecule has 0 spiro atoms. The van der Waals surface area contributed by atoms with Gasteiger partial charge < -0.3 is 99.5 Å². The van der Waals surface area contributed by atoms with Crippen molar-refractivity contribution in [3.8, 4) is 0 Å². The normalized spacial score (nSPS) is 54.8. The predicted molar refractivity (Wildman–Crippen MR) is 220 cm³/mol. The van der Waals surface area contributed by atoms with Gasteiger partial charge in [0.05, 0.1) is 44.7 Å². The van der Waals surface area contributed by atoms with Crippen LogP contribution in [0.3, 0.4) is 0 Å². The van der Waals surface area contributed by atoms with Gasteiger partial charge in [-0.2, -0.15) is 0 Å². The highest BCUT2D eigenvalue weighted by molar-refractivity contribution is 5.28. The third kappa shape index (κ3) is 8.70. The molecule has 20 nitrogen and oxygen atoms in total. The van der Waals surface area contributed by atoms with E-state index in [-0.39, 0.29) is 54.1 Å². The summed E-state index contributed by atoms with van der Waals surface area (Å²) >= 11 is 0. The minimum Gasteiger partial charge on any atom is -0.394 e. The van der Waals surface area contributed by atoms with E-state index in [2.05, 4.69) is 26.8 Å². The number of aliphatic hydroxyl groups is 13. The van der Waals surface area contributed by atoms with Crippen LogP contribution >= 0.6 is 0 Å². The zero-order chi connectivity index (χ0) is 47.1. The number of rotatable bonds is 13. The molecule has 0 unspecified atom stereocenters. The molecule has 0 amide bonds. The zero-order valence-electron chi connectivity index (χ0n) is 37.6. The van der Waals surface area contributed by atoms with Crippen LogP contribution in [0.15, 0.2) is 11.6 Å². The van der Waals surface area contributed by atoms with Gasteiger partial charge >= 0.3 is 0 Å². The van der Waals surface area contributed by atoms with Crippen molar-refractivity contribution in [3.63, 3.8) is 0 Å². The van der Waals surface area contributed by atoms with Crippen LogP contribution in [0.5, 0.6) is 0 Å². The first kappa shape index (κ1) is 50.3. The largest absolute Gasteiger partial charge is 0.394 e. The van der Waals surface area contributed by atoms with Crippen molar-refractivity contribution in [3.05, 3.63) is 11.6 Å². The van der Waals surface area contributed by atoms with Crippen molar-refractivity contribution < 1.29 is 99.5 Å². The van der Waals surface area contributed by atoms with E-state index in [1.165, 1.54) is 0 Å². The molecule has 3 saturated carbocycles. The Labute approximate surface area is 378 Å². The third-order valence-electron chi connectivity index (χ3n) is 17.5. The number of ether oxygens (including phenoxy) is 7. The Morgan fingerprint density at radius 1 is 0.723 bits per heavy atom. The highest BCUT2D eigenvalue weighted by atomic mass is 16.7. The van der Waals surface area contributed by atoms with Crippen LogP contribution in [0.25, 0.3) is 0 Å². The SMILES string of the molecule is C[C@@H](CC[C@]1(O)O[C@H]2C[C@H]3[C@@H]4CC=C5C[C@@H](O[C@@H]6O[C@H](CO)[C@H](O[C@@H]7O[C@H](CO)[C@@H](O)[C@H](O)[C@H]7O)[C@H](O)[C@H]6O)C[C@@H](O)[C@]5(C)[C@H]4CC[C@]3(C)[C@H]2[C@@H]1C)CO[C@@H]1O[C@H](CO)[C@@H](O)[C@H](O)[C@H]1O. The average molecular weight is 935 g/mol. The van der Waals surface area contributed by atoms with Crippen molar-refractivity contribution in [1.82, 2.24) is 0 Å². The highest BCUT2D eigenvalue weighted by Crippen LogP contribution is 2.70. The Kier molecular flexibility index (Phi) is 14.9. The van der Waals surface area contributed by atoms with Gasteiger partial charge in [-0.1, -0.05) is 39.3 Å². The number of fused-ring (bicyclic) bond motifs is 7. The Bertz CT molecular complexity index is 1650. The summed E-state index contributed by atoms with van der Waals surface area (Å²) in [6.07, 6.45) is -16.8. The van der Waals surface area contributed by atoms with E-state index in [4.69, 9.17) is 33.2 Å². The molecule has 4 aliphatic carbocycles. The van der Waals surface area contributed by atoms with Gasteiger partial charge in [0.25, 0.3) is 0 Å². The van der Waals surface area contributed by atoms with E-state index in [0.717, 1.165) is 31.3 Å². The monoisotopic (exact) mass is 934 g/mol. The second-order valence-electron chi connectivity index (χ2n) is 21.1. The van der Waals surface area contributed by atoms with E-state index in [0.29, 0.717) is 25.2 Å². The first-order valence-electron chi connectivity index (χ1n) is 23.7. The first-order chi connectivity index (χ1) is 30.7. The number of aliphatic hydroxyl groups excluding tert-OH is 12. The Balaban J connectivity index is 0.868.